The summed E-state index contributed by atoms with van der Waals surface area (Å²) in [6, 6.07) is 9.36. The van der Waals surface area contributed by atoms with Gasteiger partial charge in [0.2, 0.25) is 5.91 Å². The van der Waals surface area contributed by atoms with Crippen LogP contribution < -0.4 is 11.5 Å². The summed E-state index contributed by atoms with van der Waals surface area (Å²) in [7, 11) is 0. The molecule has 0 aliphatic heterocycles. The van der Waals surface area contributed by atoms with Crippen molar-refractivity contribution in [1.82, 2.24) is 0 Å². The van der Waals surface area contributed by atoms with Crippen molar-refractivity contribution in [3.63, 3.8) is 0 Å². The number of hydrogen-bond donors (Lipinski definition) is 2. The fraction of sp³-hybridized carbons (Fsp3) is 0.500. The summed E-state index contributed by atoms with van der Waals surface area (Å²) >= 11 is 1.69. The summed E-state index contributed by atoms with van der Waals surface area (Å²) in [6.45, 7) is 4.36. The SMILES string of the molecule is CC(C)CCSCC(N)(C(N)=O)c1ccccc1. The van der Waals surface area contributed by atoms with E-state index in [4.69, 9.17) is 11.5 Å². The number of carbonyl (C=O) groups excluding carboxylic acids is 1. The van der Waals surface area contributed by atoms with Gasteiger partial charge in [0.25, 0.3) is 0 Å². The first-order valence-corrected chi connectivity index (χ1v) is 7.34. The topological polar surface area (TPSA) is 69.1 Å². The van der Waals surface area contributed by atoms with Crippen LogP contribution in [0.4, 0.5) is 0 Å². The van der Waals surface area contributed by atoms with Gasteiger partial charge in [0.15, 0.2) is 0 Å². The molecular formula is C14H22N2OS. The van der Waals surface area contributed by atoms with Crippen molar-refractivity contribution in [2.45, 2.75) is 25.8 Å². The van der Waals surface area contributed by atoms with Gasteiger partial charge in [-0.25, -0.2) is 0 Å². The molecule has 0 fully saturated rings. The van der Waals surface area contributed by atoms with Gasteiger partial charge in [-0.15, -0.1) is 0 Å². The van der Waals surface area contributed by atoms with Gasteiger partial charge in [0.05, 0.1) is 0 Å². The number of amides is 1. The van der Waals surface area contributed by atoms with Crippen LogP contribution in [0.1, 0.15) is 25.8 Å². The van der Waals surface area contributed by atoms with E-state index in [-0.39, 0.29) is 0 Å². The highest BCUT2D eigenvalue weighted by atomic mass is 32.2. The molecule has 100 valence electrons. The Kier molecular flexibility index (Phi) is 5.69. The van der Waals surface area contributed by atoms with Crippen molar-refractivity contribution in [1.29, 1.82) is 0 Å². The first-order chi connectivity index (χ1) is 8.47. The van der Waals surface area contributed by atoms with Crippen molar-refractivity contribution >= 4 is 17.7 Å². The average Bonchev–Trinajstić information content (AvgIpc) is 2.35. The van der Waals surface area contributed by atoms with Crippen molar-refractivity contribution in [3.8, 4) is 0 Å². The highest BCUT2D eigenvalue weighted by molar-refractivity contribution is 7.99. The van der Waals surface area contributed by atoms with Gasteiger partial charge in [-0.1, -0.05) is 44.2 Å². The lowest BCUT2D eigenvalue weighted by atomic mass is 9.92. The summed E-state index contributed by atoms with van der Waals surface area (Å²) < 4.78 is 0. The van der Waals surface area contributed by atoms with E-state index in [9.17, 15) is 4.79 Å². The summed E-state index contributed by atoms with van der Waals surface area (Å²) in [5.41, 5.74) is 11.4. The largest absolute Gasteiger partial charge is 0.368 e. The molecule has 1 amide bonds. The van der Waals surface area contributed by atoms with Crippen LogP contribution in [0.5, 0.6) is 0 Å². The quantitative estimate of drug-likeness (QED) is 0.743. The maximum atomic E-state index is 11.6. The molecular weight excluding hydrogens is 244 g/mol. The second-order valence-electron chi connectivity index (χ2n) is 4.94. The molecule has 1 aromatic rings. The molecule has 0 aromatic heterocycles. The molecule has 4 heteroatoms. The Hall–Kier alpha value is -1.00. The second-order valence-corrected chi connectivity index (χ2v) is 6.04. The van der Waals surface area contributed by atoms with E-state index in [1.54, 1.807) is 11.8 Å². The molecule has 1 unspecified atom stereocenters. The van der Waals surface area contributed by atoms with Crippen LogP contribution in [-0.2, 0) is 10.3 Å². The fourth-order valence-corrected chi connectivity index (χ4v) is 3.00. The molecule has 3 nitrogen and oxygen atoms in total. The number of rotatable bonds is 7. The van der Waals surface area contributed by atoms with Gasteiger partial charge < -0.3 is 11.5 Å². The standard InChI is InChI=1S/C14H22N2OS/c1-11(2)8-9-18-10-14(16,13(15)17)12-6-4-3-5-7-12/h3-7,11H,8-10,16H2,1-2H3,(H2,15,17). The van der Waals surface area contributed by atoms with Crippen molar-refractivity contribution in [2.24, 2.45) is 17.4 Å². The first kappa shape index (κ1) is 15.1. The maximum absolute atomic E-state index is 11.6. The molecule has 18 heavy (non-hydrogen) atoms. The van der Waals surface area contributed by atoms with Gasteiger partial charge >= 0.3 is 0 Å². The molecule has 4 N–H and O–H groups in total. The Morgan fingerprint density at radius 3 is 2.44 bits per heavy atom. The lowest BCUT2D eigenvalue weighted by molar-refractivity contribution is -0.122. The van der Waals surface area contributed by atoms with Gasteiger partial charge in [-0.3, -0.25) is 4.79 Å². The molecule has 1 rings (SSSR count). The van der Waals surface area contributed by atoms with Crippen LogP contribution >= 0.6 is 11.8 Å². The normalized spacial score (nSPS) is 14.4. The van der Waals surface area contributed by atoms with Crippen LogP contribution in [0.2, 0.25) is 0 Å². The van der Waals surface area contributed by atoms with E-state index in [1.165, 1.54) is 0 Å². The van der Waals surface area contributed by atoms with Crippen molar-refractivity contribution < 1.29 is 4.79 Å². The van der Waals surface area contributed by atoms with E-state index in [1.807, 2.05) is 30.3 Å². The third-order valence-electron chi connectivity index (χ3n) is 2.90. The minimum Gasteiger partial charge on any atom is -0.368 e. The van der Waals surface area contributed by atoms with Crippen LogP contribution in [0.15, 0.2) is 30.3 Å². The summed E-state index contributed by atoms with van der Waals surface area (Å²) in [5.74, 6) is 1.72. The van der Waals surface area contributed by atoms with Crippen LogP contribution in [0, 0.1) is 5.92 Å². The zero-order valence-electron chi connectivity index (χ0n) is 11.1. The Bertz CT molecular complexity index is 381. The summed E-state index contributed by atoms with van der Waals surface area (Å²) in [6.07, 6.45) is 1.12. The van der Waals surface area contributed by atoms with Crippen LogP contribution in [-0.4, -0.2) is 17.4 Å². The predicted octanol–water partition coefficient (Wildman–Crippen LogP) is 2.11. The minimum absolute atomic E-state index is 0.467. The average molecular weight is 266 g/mol. The number of carbonyl (C=O) groups is 1. The molecule has 0 aliphatic rings. The number of hydrogen-bond acceptors (Lipinski definition) is 3. The minimum atomic E-state index is -1.07. The molecule has 1 atom stereocenters. The first-order valence-electron chi connectivity index (χ1n) is 6.19. The Morgan fingerprint density at radius 1 is 1.33 bits per heavy atom. The van der Waals surface area contributed by atoms with Gasteiger partial charge in [-0.2, -0.15) is 11.8 Å². The van der Waals surface area contributed by atoms with Gasteiger partial charge in [0, 0.05) is 5.75 Å². The Labute approximate surface area is 113 Å². The molecule has 0 heterocycles. The smallest absolute Gasteiger partial charge is 0.242 e. The van der Waals surface area contributed by atoms with Gasteiger partial charge in [-0.05, 0) is 23.7 Å². The molecule has 0 bridgehead atoms. The van der Waals surface area contributed by atoms with Crippen LogP contribution in [0.25, 0.3) is 0 Å². The van der Waals surface area contributed by atoms with E-state index in [0.717, 1.165) is 17.7 Å². The number of benzene rings is 1. The lowest BCUT2D eigenvalue weighted by Gasteiger charge is -2.26. The summed E-state index contributed by atoms with van der Waals surface area (Å²) in [4.78, 5) is 11.6. The predicted molar refractivity (Wildman–Crippen MR) is 78.3 cm³/mol. The van der Waals surface area contributed by atoms with Crippen molar-refractivity contribution in [2.75, 3.05) is 11.5 Å². The maximum Gasteiger partial charge on any atom is 0.242 e. The highest BCUT2D eigenvalue weighted by Gasteiger charge is 2.33. The van der Waals surface area contributed by atoms with E-state index in [2.05, 4.69) is 13.8 Å². The molecule has 0 radical (unpaired) electrons. The molecule has 0 aliphatic carbocycles. The molecule has 0 saturated heterocycles. The third-order valence-corrected chi connectivity index (χ3v) is 4.08. The number of thioether (sulfide) groups is 1. The zero-order valence-corrected chi connectivity index (χ0v) is 11.9. The van der Waals surface area contributed by atoms with E-state index >= 15 is 0 Å². The monoisotopic (exact) mass is 266 g/mol. The lowest BCUT2D eigenvalue weighted by Crippen LogP contribution is -2.51. The fourth-order valence-electron chi connectivity index (χ4n) is 1.58. The molecule has 0 saturated carbocycles. The van der Waals surface area contributed by atoms with Crippen LogP contribution in [0.3, 0.4) is 0 Å². The third kappa shape index (κ3) is 4.03. The zero-order chi connectivity index (χ0) is 13.6. The second kappa shape index (κ2) is 6.81. The number of primary amides is 1. The molecule has 1 aromatic carbocycles. The Morgan fingerprint density at radius 2 is 1.94 bits per heavy atom. The summed E-state index contributed by atoms with van der Waals surface area (Å²) in [5, 5.41) is 0. The van der Waals surface area contributed by atoms with E-state index < -0.39 is 11.4 Å². The van der Waals surface area contributed by atoms with E-state index in [0.29, 0.717) is 11.7 Å². The number of nitrogens with two attached hydrogens (primary N) is 2. The van der Waals surface area contributed by atoms with Gasteiger partial charge in [0.1, 0.15) is 5.54 Å². The van der Waals surface area contributed by atoms with Crippen molar-refractivity contribution in [3.05, 3.63) is 35.9 Å². The Balaban J connectivity index is 2.67. The highest BCUT2D eigenvalue weighted by Crippen LogP contribution is 2.24. The molecule has 0 spiro atoms.